The zero-order chi connectivity index (χ0) is 24.6. The monoisotopic (exact) mass is 490 g/mol. The van der Waals surface area contributed by atoms with Crippen molar-refractivity contribution in [2.24, 2.45) is 0 Å². The number of aromatic amines is 1. The standard InChI is InChI=1S/C28H27ClN2O4/c29-20-9-14-23-24(27(28(33)34)31-25(23)18-20)15-16-26(32)30-21-10-12-22(13-11-21)35-17-5-4-8-19-6-2-1-3-7-19/h2,6-7,9-16,18,31H,1,3-5,8,17H2,(H,30,32)(H,33,34)/b16-15+. The van der Waals surface area contributed by atoms with E-state index >= 15 is 0 Å². The number of aromatic carboxylic acids is 1. The average Bonchev–Trinajstić information content (AvgIpc) is 3.22. The van der Waals surface area contributed by atoms with Crippen molar-refractivity contribution >= 4 is 46.1 Å². The largest absolute Gasteiger partial charge is 0.494 e. The summed E-state index contributed by atoms with van der Waals surface area (Å²) in [5, 5.41) is 13.4. The van der Waals surface area contributed by atoms with Gasteiger partial charge < -0.3 is 20.1 Å². The Balaban J connectivity index is 1.28. The van der Waals surface area contributed by atoms with Crippen LogP contribution in [0.2, 0.25) is 5.02 Å². The molecule has 4 rings (SSSR count). The Morgan fingerprint density at radius 3 is 2.69 bits per heavy atom. The quantitative estimate of drug-likeness (QED) is 0.211. The summed E-state index contributed by atoms with van der Waals surface area (Å²) in [5.74, 6) is -0.737. The molecule has 1 heterocycles. The molecule has 0 saturated carbocycles. The van der Waals surface area contributed by atoms with Gasteiger partial charge in [0.25, 0.3) is 0 Å². The molecule has 180 valence electrons. The second-order valence-corrected chi connectivity index (χ2v) is 8.76. The number of hydrogen-bond donors (Lipinski definition) is 3. The molecule has 35 heavy (non-hydrogen) atoms. The molecule has 0 atom stereocenters. The van der Waals surface area contributed by atoms with Gasteiger partial charge in [0.1, 0.15) is 11.4 Å². The van der Waals surface area contributed by atoms with E-state index in [-0.39, 0.29) is 11.6 Å². The molecule has 0 aliphatic heterocycles. The third kappa shape index (κ3) is 6.64. The third-order valence-electron chi connectivity index (χ3n) is 5.74. The Morgan fingerprint density at radius 2 is 1.94 bits per heavy atom. The summed E-state index contributed by atoms with van der Waals surface area (Å²) in [4.78, 5) is 26.9. The summed E-state index contributed by atoms with van der Waals surface area (Å²) in [6, 6.07) is 12.2. The Hall–Kier alpha value is -3.77. The number of carboxylic acids is 1. The molecule has 6 nitrogen and oxygen atoms in total. The van der Waals surface area contributed by atoms with Crippen LogP contribution in [0.4, 0.5) is 5.69 Å². The van der Waals surface area contributed by atoms with Crippen LogP contribution < -0.4 is 10.1 Å². The number of rotatable bonds is 10. The highest BCUT2D eigenvalue weighted by Gasteiger charge is 2.15. The zero-order valence-electron chi connectivity index (χ0n) is 19.2. The molecular formula is C28H27ClN2O4. The zero-order valence-corrected chi connectivity index (χ0v) is 20.0. The summed E-state index contributed by atoms with van der Waals surface area (Å²) >= 11 is 6.00. The second kappa shape index (κ2) is 11.6. The maximum atomic E-state index is 12.4. The Bertz CT molecular complexity index is 1300. The summed E-state index contributed by atoms with van der Waals surface area (Å²) in [6.45, 7) is 0.646. The lowest BCUT2D eigenvalue weighted by molar-refractivity contribution is -0.111. The van der Waals surface area contributed by atoms with Crippen LogP contribution in [0.5, 0.6) is 5.75 Å². The van der Waals surface area contributed by atoms with E-state index in [2.05, 4.69) is 28.5 Å². The average molecular weight is 491 g/mol. The van der Waals surface area contributed by atoms with E-state index in [1.807, 2.05) is 12.1 Å². The van der Waals surface area contributed by atoms with Crippen molar-refractivity contribution in [3.05, 3.63) is 88.6 Å². The number of hydrogen-bond acceptors (Lipinski definition) is 3. The molecule has 3 N–H and O–H groups in total. The highest BCUT2D eigenvalue weighted by atomic mass is 35.5. The molecule has 7 heteroatoms. The summed E-state index contributed by atoms with van der Waals surface area (Å²) in [6.07, 6.45) is 15.0. The number of carboxylic acid groups (broad SMARTS) is 1. The van der Waals surface area contributed by atoms with Crippen molar-refractivity contribution in [3.63, 3.8) is 0 Å². The molecule has 1 amide bonds. The van der Waals surface area contributed by atoms with E-state index < -0.39 is 5.97 Å². The normalized spacial score (nSPS) is 13.2. The van der Waals surface area contributed by atoms with Crippen LogP contribution in [-0.2, 0) is 4.79 Å². The van der Waals surface area contributed by atoms with Crippen molar-refractivity contribution in [1.29, 1.82) is 0 Å². The van der Waals surface area contributed by atoms with Crippen molar-refractivity contribution in [1.82, 2.24) is 4.98 Å². The molecule has 0 saturated heterocycles. The van der Waals surface area contributed by atoms with Crippen molar-refractivity contribution in [2.45, 2.75) is 32.1 Å². The van der Waals surface area contributed by atoms with Crippen LogP contribution in [0.3, 0.4) is 0 Å². The van der Waals surface area contributed by atoms with Gasteiger partial charge in [-0.3, -0.25) is 4.79 Å². The smallest absolute Gasteiger partial charge is 0.352 e. The van der Waals surface area contributed by atoms with Crippen LogP contribution >= 0.6 is 11.6 Å². The van der Waals surface area contributed by atoms with Gasteiger partial charge in [-0.1, -0.05) is 41.5 Å². The van der Waals surface area contributed by atoms with Gasteiger partial charge in [0.15, 0.2) is 0 Å². The number of fused-ring (bicyclic) bond motifs is 1. The Morgan fingerprint density at radius 1 is 1.11 bits per heavy atom. The molecule has 0 radical (unpaired) electrons. The Kier molecular flexibility index (Phi) is 8.06. The first kappa shape index (κ1) is 24.4. The first-order valence-electron chi connectivity index (χ1n) is 11.6. The number of halogens is 1. The maximum absolute atomic E-state index is 12.4. The minimum absolute atomic E-state index is 0.000232. The maximum Gasteiger partial charge on any atom is 0.352 e. The summed E-state index contributed by atoms with van der Waals surface area (Å²) < 4.78 is 5.80. The van der Waals surface area contributed by atoms with Gasteiger partial charge in [-0.15, -0.1) is 0 Å². The number of amides is 1. The predicted octanol–water partition coefficient (Wildman–Crippen LogP) is 7.00. The van der Waals surface area contributed by atoms with Crippen LogP contribution in [0.1, 0.15) is 48.2 Å². The van der Waals surface area contributed by atoms with Crippen LogP contribution in [0.15, 0.2) is 72.3 Å². The lowest BCUT2D eigenvalue weighted by atomic mass is 10.0. The number of H-pyrrole nitrogens is 1. The lowest BCUT2D eigenvalue weighted by Crippen LogP contribution is -2.08. The van der Waals surface area contributed by atoms with E-state index in [1.54, 1.807) is 30.3 Å². The number of ether oxygens (including phenoxy) is 1. The second-order valence-electron chi connectivity index (χ2n) is 8.32. The molecular weight excluding hydrogens is 464 g/mol. The first-order valence-corrected chi connectivity index (χ1v) is 12.0. The fourth-order valence-corrected chi connectivity index (χ4v) is 4.16. The molecule has 0 unspecified atom stereocenters. The van der Waals surface area contributed by atoms with E-state index in [4.69, 9.17) is 16.3 Å². The summed E-state index contributed by atoms with van der Waals surface area (Å²) in [5.41, 5.74) is 3.04. The van der Waals surface area contributed by atoms with E-state index in [9.17, 15) is 14.7 Å². The van der Waals surface area contributed by atoms with Gasteiger partial charge in [-0.25, -0.2) is 4.79 Å². The fraction of sp³-hybridized carbons (Fsp3) is 0.214. The minimum Gasteiger partial charge on any atom is -0.494 e. The SMILES string of the molecule is O=C(/C=C/c1c(C(=O)O)[nH]c2cc(Cl)ccc12)Nc1ccc(OCCCCC2=CCCC=C2)cc1. The van der Waals surface area contributed by atoms with Crippen LogP contribution in [0.25, 0.3) is 17.0 Å². The highest BCUT2D eigenvalue weighted by molar-refractivity contribution is 6.31. The van der Waals surface area contributed by atoms with E-state index in [1.165, 1.54) is 17.7 Å². The molecule has 0 fully saturated rings. The van der Waals surface area contributed by atoms with Gasteiger partial charge in [0, 0.05) is 33.3 Å². The molecule has 3 aromatic rings. The molecule has 0 spiro atoms. The van der Waals surface area contributed by atoms with Crippen molar-refractivity contribution < 1.29 is 19.4 Å². The third-order valence-corrected chi connectivity index (χ3v) is 5.97. The molecule has 2 aromatic carbocycles. The minimum atomic E-state index is -1.11. The van der Waals surface area contributed by atoms with E-state index in [0.29, 0.717) is 33.8 Å². The summed E-state index contributed by atoms with van der Waals surface area (Å²) in [7, 11) is 0. The number of carbonyl (C=O) groups is 2. The van der Waals surface area contributed by atoms with Gasteiger partial charge in [0.2, 0.25) is 5.91 Å². The number of nitrogens with one attached hydrogen (secondary N) is 2. The fourth-order valence-electron chi connectivity index (χ4n) is 3.98. The van der Waals surface area contributed by atoms with Crippen LogP contribution in [-0.4, -0.2) is 28.6 Å². The van der Waals surface area contributed by atoms with Crippen LogP contribution in [0, 0.1) is 0 Å². The lowest BCUT2D eigenvalue weighted by Gasteiger charge is -2.09. The molecule has 0 bridgehead atoms. The number of allylic oxidation sites excluding steroid dienone is 4. The van der Waals surface area contributed by atoms with Crippen molar-refractivity contribution in [3.8, 4) is 5.75 Å². The topological polar surface area (TPSA) is 91.4 Å². The van der Waals surface area contributed by atoms with Gasteiger partial charge in [-0.05, 0) is 74.6 Å². The number of anilines is 1. The Labute approximate surface area is 208 Å². The van der Waals surface area contributed by atoms with Crippen molar-refractivity contribution in [2.75, 3.05) is 11.9 Å². The first-order chi connectivity index (χ1) is 17.0. The number of unbranched alkanes of at least 4 members (excludes halogenated alkanes) is 1. The molecule has 1 aliphatic rings. The molecule has 1 aromatic heterocycles. The highest BCUT2D eigenvalue weighted by Crippen LogP contribution is 2.27. The van der Waals surface area contributed by atoms with Gasteiger partial charge in [-0.2, -0.15) is 0 Å². The molecule has 1 aliphatic carbocycles. The predicted molar refractivity (Wildman–Crippen MR) is 140 cm³/mol. The number of benzene rings is 2. The number of carbonyl (C=O) groups excluding carboxylic acids is 1. The number of aromatic nitrogens is 1. The van der Waals surface area contributed by atoms with E-state index in [0.717, 1.165) is 37.9 Å². The van der Waals surface area contributed by atoms with Gasteiger partial charge in [0.05, 0.1) is 6.61 Å². The van der Waals surface area contributed by atoms with Gasteiger partial charge >= 0.3 is 5.97 Å².